The van der Waals surface area contributed by atoms with Crippen molar-refractivity contribution in [2.75, 3.05) is 50.5 Å². The van der Waals surface area contributed by atoms with Crippen LogP contribution in [0.1, 0.15) is 42.2 Å². The van der Waals surface area contributed by atoms with Crippen molar-refractivity contribution in [3.63, 3.8) is 0 Å². The molecule has 4 heterocycles. The van der Waals surface area contributed by atoms with Crippen molar-refractivity contribution in [1.29, 1.82) is 0 Å². The Kier molecular flexibility index (Phi) is 5.86. The maximum Gasteiger partial charge on any atom is 0.273 e. The summed E-state index contributed by atoms with van der Waals surface area (Å²) in [5.74, 6) is 0.192. The zero-order valence-electron chi connectivity index (χ0n) is 19.5. The Morgan fingerprint density at radius 3 is 2.65 bits per heavy atom. The lowest BCUT2D eigenvalue weighted by Gasteiger charge is -2.28. The van der Waals surface area contributed by atoms with Gasteiger partial charge in [0.25, 0.3) is 11.5 Å². The Morgan fingerprint density at radius 1 is 1.21 bits per heavy atom. The molecule has 4 N–H and O–H groups in total. The molecule has 2 aliphatic rings. The molecule has 11 nitrogen and oxygen atoms in total. The molecule has 1 saturated heterocycles. The zero-order valence-corrected chi connectivity index (χ0v) is 19.5. The van der Waals surface area contributed by atoms with E-state index in [0.717, 1.165) is 44.2 Å². The number of hydrogen-bond acceptors (Lipinski definition) is 8. The molecule has 0 spiro atoms. The summed E-state index contributed by atoms with van der Waals surface area (Å²) in [6.07, 6.45) is 5.87. The van der Waals surface area contributed by atoms with Gasteiger partial charge in [0.2, 0.25) is 5.95 Å². The summed E-state index contributed by atoms with van der Waals surface area (Å²) in [6.45, 7) is 2.96. The normalized spacial score (nSPS) is 16.8. The molecule has 0 unspecified atom stereocenters. The number of hydrogen-bond donors (Lipinski definition) is 4. The molecule has 11 heteroatoms. The summed E-state index contributed by atoms with van der Waals surface area (Å²) in [5, 5.41) is 17.6. The Bertz CT molecular complexity index is 1270. The number of pyridine rings is 1. The van der Waals surface area contributed by atoms with Crippen LogP contribution >= 0.6 is 0 Å². The number of aromatic amines is 1. The smallest absolute Gasteiger partial charge is 0.273 e. The van der Waals surface area contributed by atoms with Gasteiger partial charge in [0.05, 0.1) is 0 Å². The van der Waals surface area contributed by atoms with Crippen LogP contribution in [-0.4, -0.2) is 75.7 Å². The van der Waals surface area contributed by atoms with Gasteiger partial charge in [-0.05, 0) is 18.9 Å². The minimum atomic E-state index is -0.295. The largest absolute Gasteiger partial charge is 0.504 e. The second-order valence-corrected chi connectivity index (χ2v) is 9.12. The maximum atomic E-state index is 12.9. The van der Waals surface area contributed by atoms with Gasteiger partial charge in [-0.15, -0.1) is 0 Å². The van der Waals surface area contributed by atoms with Crippen LogP contribution in [0.3, 0.4) is 0 Å². The molecule has 3 aromatic rings. The quantitative estimate of drug-likeness (QED) is 0.448. The van der Waals surface area contributed by atoms with Crippen molar-refractivity contribution in [2.45, 2.75) is 31.7 Å². The van der Waals surface area contributed by atoms with Crippen LogP contribution in [0.25, 0.3) is 11.0 Å². The van der Waals surface area contributed by atoms with E-state index in [0.29, 0.717) is 30.1 Å². The van der Waals surface area contributed by atoms with Gasteiger partial charge in [0.1, 0.15) is 17.0 Å². The number of aromatic nitrogens is 4. The number of amides is 1. The van der Waals surface area contributed by atoms with Crippen molar-refractivity contribution >= 4 is 34.4 Å². The summed E-state index contributed by atoms with van der Waals surface area (Å²) in [6, 6.07) is 3.51. The Morgan fingerprint density at radius 2 is 1.94 bits per heavy atom. The predicted octanol–water partition coefficient (Wildman–Crippen LogP) is 1.80. The van der Waals surface area contributed by atoms with Gasteiger partial charge < -0.3 is 35.1 Å². The van der Waals surface area contributed by atoms with Gasteiger partial charge in [-0.2, -0.15) is 4.98 Å². The number of H-pyrrole nitrogens is 1. The summed E-state index contributed by atoms with van der Waals surface area (Å²) >= 11 is 0. The second-order valence-electron chi connectivity index (χ2n) is 9.12. The Balaban J connectivity index is 1.50. The summed E-state index contributed by atoms with van der Waals surface area (Å²) in [7, 11) is 3.47. The third-order valence-electron chi connectivity index (χ3n) is 6.59. The number of piperazine rings is 1. The van der Waals surface area contributed by atoms with Crippen LogP contribution in [0.2, 0.25) is 0 Å². The fourth-order valence-corrected chi connectivity index (χ4v) is 4.85. The first-order valence-electron chi connectivity index (χ1n) is 11.7. The summed E-state index contributed by atoms with van der Waals surface area (Å²) in [4.78, 5) is 40.8. The molecule has 1 aliphatic carbocycles. The van der Waals surface area contributed by atoms with E-state index in [2.05, 4.69) is 25.6 Å². The van der Waals surface area contributed by atoms with Crippen molar-refractivity contribution in [3.05, 3.63) is 34.4 Å². The van der Waals surface area contributed by atoms with Gasteiger partial charge in [-0.3, -0.25) is 9.59 Å². The van der Waals surface area contributed by atoms with Crippen molar-refractivity contribution in [3.8, 4) is 5.75 Å². The van der Waals surface area contributed by atoms with Crippen LogP contribution in [0.4, 0.5) is 17.5 Å². The summed E-state index contributed by atoms with van der Waals surface area (Å²) < 4.78 is 2.02. The van der Waals surface area contributed by atoms with Crippen LogP contribution in [-0.2, 0) is 0 Å². The third-order valence-corrected chi connectivity index (χ3v) is 6.59. The number of nitrogens with one attached hydrogen (secondary N) is 3. The first kappa shape index (κ1) is 22.2. The highest BCUT2D eigenvalue weighted by molar-refractivity contribution is 5.98. The van der Waals surface area contributed by atoms with E-state index in [1.54, 1.807) is 25.2 Å². The molecule has 0 aromatic carbocycles. The number of aromatic hydroxyl groups is 1. The van der Waals surface area contributed by atoms with E-state index < -0.39 is 0 Å². The molecule has 1 amide bonds. The predicted molar refractivity (Wildman–Crippen MR) is 130 cm³/mol. The van der Waals surface area contributed by atoms with E-state index >= 15 is 0 Å². The molecule has 3 aromatic heterocycles. The first-order chi connectivity index (χ1) is 16.4. The number of carbonyl (C=O) groups is 1. The van der Waals surface area contributed by atoms with Gasteiger partial charge in [0, 0.05) is 64.0 Å². The lowest BCUT2D eigenvalue weighted by molar-refractivity contribution is 0.0815. The second kappa shape index (κ2) is 8.98. The highest BCUT2D eigenvalue weighted by Crippen LogP contribution is 2.35. The van der Waals surface area contributed by atoms with E-state index in [-0.39, 0.29) is 35.0 Å². The van der Waals surface area contributed by atoms with Crippen LogP contribution in [0, 0.1) is 0 Å². The molecule has 0 radical (unpaired) electrons. The van der Waals surface area contributed by atoms with Gasteiger partial charge >= 0.3 is 0 Å². The topological polar surface area (TPSA) is 131 Å². The molecule has 0 atom stereocenters. The fourth-order valence-electron chi connectivity index (χ4n) is 4.85. The molecule has 5 rings (SSSR count). The molecule has 1 saturated carbocycles. The average Bonchev–Trinajstić information content (AvgIpc) is 3.48. The van der Waals surface area contributed by atoms with E-state index in [1.165, 1.54) is 6.07 Å². The minimum absolute atomic E-state index is 0.0788. The highest BCUT2D eigenvalue weighted by atomic mass is 16.3. The van der Waals surface area contributed by atoms with Gasteiger partial charge in [-0.1, -0.05) is 12.8 Å². The first-order valence-corrected chi connectivity index (χ1v) is 11.7. The minimum Gasteiger partial charge on any atom is -0.504 e. The molecule has 2 fully saturated rings. The van der Waals surface area contributed by atoms with Gasteiger partial charge in [0.15, 0.2) is 11.6 Å². The molecular weight excluding hydrogens is 436 g/mol. The van der Waals surface area contributed by atoms with Gasteiger partial charge in [-0.25, -0.2) is 4.98 Å². The van der Waals surface area contributed by atoms with Crippen molar-refractivity contribution < 1.29 is 9.90 Å². The Hall–Kier alpha value is -3.60. The average molecular weight is 467 g/mol. The Labute approximate surface area is 196 Å². The number of nitrogens with zero attached hydrogens (tertiary/aromatic N) is 5. The fraction of sp³-hybridized carbons (Fsp3) is 0.478. The van der Waals surface area contributed by atoms with E-state index in [4.69, 9.17) is 0 Å². The molecular formula is C23H30N8O3. The van der Waals surface area contributed by atoms with Crippen LogP contribution < -0.4 is 21.1 Å². The maximum absolute atomic E-state index is 12.9. The highest BCUT2D eigenvalue weighted by Gasteiger charge is 2.26. The lowest BCUT2D eigenvalue weighted by Crippen LogP contribution is -2.45. The zero-order chi connectivity index (χ0) is 23.8. The lowest BCUT2D eigenvalue weighted by atomic mass is 10.2. The van der Waals surface area contributed by atoms with E-state index in [9.17, 15) is 14.7 Å². The third kappa shape index (κ3) is 4.07. The number of rotatable bonds is 5. The molecule has 180 valence electrons. The van der Waals surface area contributed by atoms with Crippen LogP contribution in [0.15, 0.2) is 23.1 Å². The van der Waals surface area contributed by atoms with Crippen molar-refractivity contribution in [2.24, 2.45) is 0 Å². The SMILES string of the molecule is CN(C)C(=O)c1cc2cnc(Nc3[nH]c(=O)c(N4CCNCC4)cc3O)nc2n1C1CCCC1. The number of anilines is 3. The molecule has 1 aliphatic heterocycles. The number of fused-ring (bicyclic) bond motifs is 1. The van der Waals surface area contributed by atoms with Crippen LogP contribution in [0.5, 0.6) is 5.75 Å². The number of carbonyl (C=O) groups excluding carboxylic acids is 1. The molecule has 0 bridgehead atoms. The van der Waals surface area contributed by atoms with Crippen molar-refractivity contribution in [1.82, 2.24) is 29.7 Å². The summed E-state index contributed by atoms with van der Waals surface area (Å²) in [5.41, 5.74) is 1.39. The standard InChI is InChI=1S/C23H30N8O3/c1-29(2)22(34)17-11-14-13-25-23(28-20(14)31(17)15-5-3-4-6-15)27-19-18(32)12-16(21(33)26-19)30-9-7-24-8-10-30/h11-13,15,24,32H,3-10H2,1-2H3,(H2,25,26,27,28,33). The monoisotopic (exact) mass is 466 g/mol. The van der Waals surface area contributed by atoms with E-state index in [1.807, 2.05) is 15.5 Å². The molecule has 34 heavy (non-hydrogen) atoms.